The van der Waals surface area contributed by atoms with Crippen molar-refractivity contribution in [3.05, 3.63) is 107 Å². The summed E-state index contributed by atoms with van der Waals surface area (Å²) in [4.78, 5) is 33.8. The average molecular weight is 701 g/mol. The fourth-order valence-corrected chi connectivity index (χ4v) is 7.71. The van der Waals surface area contributed by atoms with E-state index in [1.165, 1.54) is 48.5 Å². The van der Waals surface area contributed by atoms with Crippen LogP contribution in [0, 0.1) is 17.1 Å². The highest BCUT2D eigenvalue weighted by molar-refractivity contribution is 7.93. The first-order chi connectivity index (χ1) is 24.0. The number of rotatable bonds is 10. The molecule has 4 aromatic rings. The van der Waals surface area contributed by atoms with Gasteiger partial charge in [-0.15, -0.1) is 0 Å². The van der Waals surface area contributed by atoms with Crippen LogP contribution in [0.2, 0.25) is 0 Å². The minimum Gasteiger partial charge on any atom is -0.497 e. The fourth-order valence-electron chi connectivity index (χ4n) is 6.25. The van der Waals surface area contributed by atoms with Gasteiger partial charge in [-0.2, -0.15) is 5.26 Å². The maximum atomic E-state index is 15.3. The molecule has 0 radical (unpaired) electrons. The number of fused-ring (bicyclic) bond motifs is 1. The summed E-state index contributed by atoms with van der Waals surface area (Å²) in [5, 5.41) is 22.4. The van der Waals surface area contributed by atoms with Crippen molar-refractivity contribution < 1.29 is 37.0 Å². The van der Waals surface area contributed by atoms with Crippen LogP contribution in [-0.4, -0.2) is 75.3 Å². The van der Waals surface area contributed by atoms with Crippen molar-refractivity contribution in [3.63, 3.8) is 0 Å². The number of nitrogens with zero attached hydrogens (tertiary/aromatic N) is 5. The van der Waals surface area contributed by atoms with E-state index in [1.54, 1.807) is 25.1 Å². The van der Waals surface area contributed by atoms with E-state index in [1.807, 2.05) is 24.3 Å². The predicted molar refractivity (Wildman–Crippen MR) is 180 cm³/mol. The lowest BCUT2D eigenvalue weighted by Gasteiger charge is -2.34. The maximum Gasteiger partial charge on any atom is 0.407 e. The Bertz CT molecular complexity index is 2080. The topological polar surface area (TPSA) is 165 Å². The predicted octanol–water partition coefficient (Wildman–Crippen LogP) is 4.07. The van der Waals surface area contributed by atoms with Gasteiger partial charge in [0.1, 0.15) is 17.6 Å². The van der Waals surface area contributed by atoms with Crippen LogP contribution in [-0.2, 0) is 26.9 Å². The number of hydrogen-bond donors (Lipinski definition) is 2. The van der Waals surface area contributed by atoms with E-state index in [0.717, 1.165) is 11.8 Å². The number of nitrogens with one attached hydrogen (secondary N) is 1. The highest BCUT2D eigenvalue weighted by atomic mass is 32.2. The lowest BCUT2D eigenvalue weighted by molar-refractivity contribution is -0.121. The molecule has 0 spiro atoms. The molecule has 1 aromatic heterocycles. The summed E-state index contributed by atoms with van der Waals surface area (Å²) >= 11 is 0. The third-order valence-electron chi connectivity index (χ3n) is 8.80. The Morgan fingerprint density at radius 1 is 1.06 bits per heavy atom. The molecule has 2 amide bonds. The summed E-state index contributed by atoms with van der Waals surface area (Å²) in [6, 6.07) is 19.9. The van der Waals surface area contributed by atoms with Gasteiger partial charge in [0.15, 0.2) is 5.54 Å². The van der Waals surface area contributed by atoms with E-state index >= 15 is 4.39 Å². The van der Waals surface area contributed by atoms with Crippen LogP contribution in [0.5, 0.6) is 11.6 Å². The molecule has 1 atom stereocenters. The normalized spacial score (nSPS) is 17.3. The molecule has 1 unspecified atom stereocenters. The fraction of sp³-hybridized carbons (Fsp3) is 0.257. The van der Waals surface area contributed by atoms with Gasteiger partial charge in [-0.3, -0.25) is 10.1 Å². The van der Waals surface area contributed by atoms with Gasteiger partial charge in [-0.05, 0) is 67.1 Å². The number of piperazine rings is 1. The maximum absolute atomic E-state index is 15.3. The van der Waals surface area contributed by atoms with Crippen LogP contribution in [0.4, 0.5) is 20.6 Å². The lowest BCUT2D eigenvalue weighted by atomic mass is 9.83. The number of anilines is 2. The van der Waals surface area contributed by atoms with Crippen LogP contribution in [0.3, 0.4) is 0 Å². The Balaban J connectivity index is 1.45. The second-order valence-corrected chi connectivity index (χ2v) is 13.3. The number of carbonyl (C=O) groups is 2. The number of hydrogen-bond acceptors (Lipinski definition) is 10. The molecule has 3 aromatic carbocycles. The highest BCUT2D eigenvalue weighted by Gasteiger charge is 2.58. The minimum absolute atomic E-state index is 0.0222. The summed E-state index contributed by atoms with van der Waals surface area (Å²) in [5.41, 5.74) is -0.861. The first-order valence-corrected chi connectivity index (χ1v) is 17.1. The largest absolute Gasteiger partial charge is 0.497 e. The zero-order valence-corrected chi connectivity index (χ0v) is 28.0. The van der Waals surface area contributed by atoms with E-state index < -0.39 is 33.4 Å². The van der Waals surface area contributed by atoms with Crippen molar-refractivity contribution in [1.29, 1.82) is 5.26 Å². The molecule has 2 aliphatic heterocycles. The molecule has 1 saturated heterocycles. The number of nitriles is 1. The molecule has 6 rings (SSSR count). The lowest BCUT2D eigenvalue weighted by Crippen LogP contribution is -2.52. The second-order valence-electron chi connectivity index (χ2n) is 11.5. The summed E-state index contributed by atoms with van der Waals surface area (Å²) in [6.07, 6.45) is 0.513. The van der Waals surface area contributed by atoms with Gasteiger partial charge in [0, 0.05) is 61.8 Å². The quantitative estimate of drug-likeness (QED) is 0.245. The van der Waals surface area contributed by atoms with Crippen LogP contribution >= 0.6 is 0 Å². The Hall–Kier alpha value is -5.72. The highest BCUT2D eigenvalue weighted by Crippen LogP contribution is 2.49. The minimum atomic E-state index is -4.65. The Labute approximate surface area is 288 Å². The number of benzene rings is 3. The molecule has 0 bridgehead atoms. The molecule has 50 heavy (non-hydrogen) atoms. The first kappa shape index (κ1) is 34.2. The van der Waals surface area contributed by atoms with Gasteiger partial charge in [-0.1, -0.05) is 12.1 Å². The van der Waals surface area contributed by atoms with Crippen LogP contribution in [0.25, 0.3) is 0 Å². The average Bonchev–Trinajstić information content (AvgIpc) is 3.37. The van der Waals surface area contributed by atoms with Crippen LogP contribution in [0.1, 0.15) is 29.2 Å². The molecular formula is C35H33FN6O7S. The van der Waals surface area contributed by atoms with E-state index in [9.17, 15) is 28.4 Å². The molecule has 1 fully saturated rings. The number of carbonyl (C=O) groups excluding carboxylic acids is 1. The number of carboxylic acid groups (broad SMARTS) is 1. The molecule has 15 heteroatoms. The number of aromatic nitrogens is 1. The van der Waals surface area contributed by atoms with Gasteiger partial charge in [0.25, 0.3) is 15.9 Å². The Morgan fingerprint density at radius 2 is 1.76 bits per heavy atom. The van der Waals surface area contributed by atoms with Crippen molar-refractivity contribution in [1.82, 2.24) is 15.2 Å². The molecule has 0 saturated carbocycles. The zero-order valence-electron chi connectivity index (χ0n) is 27.2. The zero-order chi connectivity index (χ0) is 35.6. The first-order valence-electron chi connectivity index (χ1n) is 15.7. The van der Waals surface area contributed by atoms with Gasteiger partial charge >= 0.3 is 6.09 Å². The van der Waals surface area contributed by atoms with Crippen molar-refractivity contribution in [3.8, 4) is 17.7 Å². The van der Waals surface area contributed by atoms with E-state index in [4.69, 9.17) is 9.47 Å². The van der Waals surface area contributed by atoms with Crippen LogP contribution < -0.4 is 24.0 Å². The number of amides is 2. The summed E-state index contributed by atoms with van der Waals surface area (Å²) in [7, 11) is -3.22. The van der Waals surface area contributed by atoms with Gasteiger partial charge in [0.2, 0.25) is 5.88 Å². The smallest absolute Gasteiger partial charge is 0.407 e. The molecule has 258 valence electrons. The molecule has 3 heterocycles. The van der Waals surface area contributed by atoms with Gasteiger partial charge in [0.05, 0.1) is 29.9 Å². The van der Waals surface area contributed by atoms with E-state index in [-0.39, 0.29) is 46.3 Å². The number of halogens is 1. The Morgan fingerprint density at radius 3 is 2.38 bits per heavy atom. The molecular weight excluding hydrogens is 667 g/mol. The molecule has 0 aliphatic carbocycles. The molecule has 2 N–H and O–H groups in total. The van der Waals surface area contributed by atoms with Crippen molar-refractivity contribution >= 4 is 33.4 Å². The SMILES string of the molecule is CCOc1ncccc1C1(NCc2ccc(N3CCN(C(=O)O)CC3)cc2)C(=O)N(S(=O)(=O)c2ccc(OC)cc2)c2cc(F)c(C#N)cc21. The number of pyridine rings is 1. The monoisotopic (exact) mass is 700 g/mol. The Kier molecular flexibility index (Phi) is 9.33. The van der Waals surface area contributed by atoms with Gasteiger partial charge in [-0.25, -0.2) is 26.9 Å². The third-order valence-corrected chi connectivity index (χ3v) is 10.5. The van der Waals surface area contributed by atoms with E-state index in [0.29, 0.717) is 41.8 Å². The van der Waals surface area contributed by atoms with Gasteiger partial charge < -0.3 is 24.4 Å². The number of methoxy groups -OCH3 is 1. The van der Waals surface area contributed by atoms with E-state index in [2.05, 4.69) is 15.2 Å². The van der Waals surface area contributed by atoms with Crippen molar-refractivity contribution in [2.75, 3.05) is 49.1 Å². The molecule has 2 aliphatic rings. The van der Waals surface area contributed by atoms with Crippen molar-refractivity contribution in [2.24, 2.45) is 0 Å². The standard InChI is InChI=1S/C35H33FN6O7S/c1-3-49-32-28(5-4-14-38-32)35(39-22-23-6-8-25(9-7-23)40-15-17-41(18-16-40)34(44)45)29-19-24(21-37)30(36)20-31(29)42(33(35)43)50(46,47)27-12-10-26(48-2)11-13-27/h4-14,19-20,39H,3,15-18,22H2,1-2H3,(H,44,45). The third kappa shape index (κ3) is 5.92. The number of ether oxygens (including phenoxy) is 2. The molecule has 13 nitrogen and oxygen atoms in total. The van der Waals surface area contributed by atoms with Crippen molar-refractivity contribution in [2.45, 2.75) is 23.9 Å². The summed E-state index contributed by atoms with van der Waals surface area (Å²) < 4.78 is 55.5. The summed E-state index contributed by atoms with van der Waals surface area (Å²) in [5.74, 6) is -1.53. The number of sulfonamides is 1. The second kappa shape index (κ2) is 13.7. The summed E-state index contributed by atoms with van der Waals surface area (Å²) in [6.45, 7) is 3.72. The van der Waals surface area contributed by atoms with Crippen LogP contribution in [0.15, 0.2) is 83.9 Å².